The van der Waals surface area contributed by atoms with Crippen molar-refractivity contribution in [2.45, 2.75) is 26.4 Å². The Morgan fingerprint density at radius 1 is 1.39 bits per heavy atom. The Balaban J connectivity index is 4.20. The van der Waals surface area contributed by atoms with E-state index in [-0.39, 0.29) is 12.6 Å². The van der Waals surface area contributed by atoms with Gasteiger partial charge in [-0.05, 0) is 13.3 Å². The first-order chi connectivity index (χ1) is 8.67. The molecule has 18 heavy (non-hydrogen) atoms. The zero-order valence-corrected chi connectivity index (χ0v) is 11.4. The SMILES string of the molecule is C=CCOC(CC)/C(OCOCCOC)=C(/C)F. The minimum absolute atomic E-state index is 0.0199. The Morgan fingerprint density at radius 2 is 2.11 bits per heavy atom. The summed E-state index contributed by atoms with van der Waals surface area (Å²) in [7, 11) is 1.58. The first-order valence-electron chi connectivity index (χ1n) is 5.95. The molecular weight excluding hydrogens is 239 g/mol. The van der Waals surface area contributed by atoms with Crippen LogP contribution in [0.15, 0.2) is 24.2 Å². The number of methoxy groups -OCH3 is 1. The van der Waals surface area contributed by atoms with Crippen LogP contribution in [0.4, 0.5) is 4.39 Å². The van der Waals surface area contributed by atoms with Gasteiger partial charge in [0.25, 0.3) is 0 Å². The Bertz CT molecular complexity index is 249. The fourth-order valence-electron chi connectivity index (χ4n) is 1.28. The number of ether oxygens (including phenoxy) is 4. The van der Waals surface area contributed by atoms with E-state index in [9.17, 15) is 4.39 Å². The zero-order valence-electron chi connectivity index (χ0n) is 11.4. The lowest BCUT2D eigenvalue weighted by atomic mass is 10.2. The van der Waals surface area contributed by atoms with Crippen LogP contribution in [0.25, 0.3) is 0 Å². The van der Waals surface area contributed by atoms with Gasteiger partial charge in [0.15, 0.2) is 12.6 Å². The highest BCUT2D eigenvalue weighted by molar-refractivity contribution is 5.04. The van der Waals surface area contributed by atoms with Crippen molar-refractivity contribution in [2.24, 2.45) is 0 Å². The minimum atomic E-state index is -0.418. The molecule has 0 aromatic rings. The summed E-state index contributed by atoms with van der Waals surface area (Å²) in [5.74, 6) is -0.224. The molecule has 0 bridgehead atoms. The van der Waals surface area contributed by atoms with Crippen molar-refractivity contribution in [1.82, 2.24) is 0 Å². The summed E-state index contributed by atoms with van der Waals surface area (Å²) in [5, 5.41) is 0. The molecule has 1 unspecified atom stereocenters. The summed E-state index contributed by atoms with van der Waals surface area (Å²) in [4.78, 5) is 0. The topological polar surface area (TPSA) is 36.9 Å². The Kier molecular flexibility index (Phi) is 10.6. The molecule has 0 heterocycles. The van der Waals surface area contributed by atoms with Crippen molar-refractivity contribution >= 4 is 0 Å². The average Bonchev–Trinajstić information content (AvgIpc) is 2.36. The minimum Gasteiger partial charge on any atom is -0.466 e. The maximum atomic E-state index is 13.4. The van der Waals surface area contributed by atoms with Crippen molar-refractivity contribution in [2.75, 3.05) is 33.7 Å². The highest BCUT2D eigenvalue weighted by Gasteiger charge is 2.17. The highest BCUT2D eigenvalue weighted by atomic mass is 19.1. The lowest BCUT2D eigenvalue weighted by Gasteiger charge is -2.19. The summed E-state index contributed by atoms with van der Waals surface area (Å²) >= 11 is 0. The number of halogens is 1. The van der Waals surface area contributed by atoms with E-state index in [0.29, 0.717) is 26.2 Å². The van der Waals surface area contributed by atoms with Gasteiger partial charge in [-0.3, -0.25) is 0 Å². The normalized spacial score (nSPS) is 14.0. The molecule has 0 N–H and O–H groups in total. The predicted octanol–water partition coefficient (Wildman–Crippen LogP) is 2.81. The predicted molar refractivity (Wildman–Crippen MR) is 67.8 cm³/mol. The van der Waals surface area contributed by atoms with Gasteiger partial charge in [0.2, 0.25) is 0 Å². The summed E-state index contributed by atoms with van der Waals surface area (Å²) in [6.45, 7) is 7.99. The molecule has 0 aromatic carbocycles. The molecular formula is C13H23FO4. The Labute approximate surface area is 108 Å². The van der Waals surface area contributed by atoms with E-state index in [4.69, 9.17) is 18.9 Å². The molecule has 0 spiro atoms. The summed E-state index contributed by atoms with van der Waals surface area (Å²) < 4.78 is 34.0. The van der Waals surface area contributed by atoms with Crippen molar-refractivity contribution in [3.8, 4) is 0 Å². The second-order valence-corrected chi connectivity index (χ2v) is 3.58. The average molecular weight is 262 g/mol. The van der Waals surface area contributed by atoms with Gasteiger partial charge in [-0.1, -0.05) is 13.0 Å². The molecule has 0 saturated carbocycles. The van der Waals surface area contributed by atoms with Gasteiger partial charge in [0.05, 0.1) is 19.8 Å². The second kappa shape index (κ2) is 11.2. The van der Waals surface area contributed by atoms with Crippen LogP contribution in [-0.4, -0.2) is 39.8 Å². The number of hydrogen-bond donors (Lipinski definition) is 0. The van der Waals surface area contributed by atoms with Gasteiger partial charge in [-0.2, -0.15) is 0 Å². The third kappa shape index (κ3) is 7.42. The third-order valence-electron chi connectivity index (χ3n) is 2.15. The van der Waals surface area contributed by atoms with Gasteiger partial charge in [0.1, 0.15) is 11.9 Å². The van der Waals surface area contributed by atoms with E-state index < -0.39 is 11.9 Å². The highest BCUT2D eigenvalue weighted by Crippen LogP contribution is 2.18. The summed E-state index contributed by atoms with van der Waals surface area (Å²) in [5.41, 5.74) is 0. The van der Waals surface area contributed by atoms with Crippen LogP contribution >= 0.6 is 0 Å². The van der Waals surface area contributed by atoms with E-state index in [1.54, 1.807) is 13.2 Å². The smallest absolute Gasteiger partial charge is 0.188 e. The molecule has 4 nitrogen and oxygen atoms in total. The van der Waals surface area contributed by atoms with E-state index in [0.717, 1.165) is 0 Å². The van der Waals surface area contributed by atoms with Crippen LogP contribution in [0.3, 0.4) is 0 Å². The van der Waals surface area contributed by atoms with Crippen molar-refractivity contribution in [3.63, 3.8) is 0 Å². The fourth-order valence-corrected chi connectivity index (χ4v) is 1.28. The molecule has 0 aliphatic rings. The number of allylic oxidation sites excluding steroid dienone is 1. The van der Waals surface area contributed by atoms with Gasteiger partial charge >= 0.3 is 0 Å². The van der Waals surface area contributed by atoms with E-state index >= 15 is 0 Å². The quantitative estimate of drug-likeness (QED) is 0.248. The molecule has 1 atom stereocenters. The monoisotopic (exact) mass is 262 g/mol. The Hall–Kier alpha value is -0.910. The first kappa shape index (κ1) is 17.1. The summed E-state index contributed by atoms with van der Waals surface area (Å²) in [6, 6.07) is 0. The van der Waals surface area contributed by atoms with Crippen molar-refractivity contribution < 1.29 is 23.3 Å². The van der Waals surface area contributed by atoms with Gasteiger partial charge in [0, 0.05) is 7.11 Å². The fraction of sp³-hybridized carbons (Fsp3) is 0.692. The molecule has 0 aliphatic carbocycles. The van der Waals surface area contributed by atoms with E-state index in [1.807, 2.05) is 6.92 Å². The maximum Gasteiger partial charge on any atom is 0.188 e. The van der Waals surface area contributed by atoms with Crippen LogP contribution in [0, 0.1) is 0 Å². The van der Waals surface area contributed by atoms with Crippen molar-refractivity contribution in [1.29, 1.82) is 0 Å². The summed E-state index contributed by atoms with van der Waals surface area (Å²) in [6.07, 6.45) is 1.81. The van der Waals surface area contributed by atoms with Crippen LogP contribution in [-0.2, 0) is 18.9 Å². The molecule has 5 heteroatoms. The molecule has 0 fully saturated rings. The maximum absolute atomic E-state index is 13.4. The third-order valence-corrected chi connectivity index (χ3v) is 2.15. The van der Waals surface area contributed by atoms with Crippen LogP contribution in [0.1, 0.15) is 20.3 Å². The molecule has 106 valence electrons. The van der Waals surface area contributed by atoms with Crippen molar-refractivity contribution in [3.05, 3.63) is 24.2 Å². The van der Waals surface area contributed by atoms with E-state index in [1.165, 1.54) is 6.92 Å². The van der Waals surface area contributed by atoms with Gasteiger partial charge in [-0.25, -0.2) is 4.39 Å². The molecule has 0 aromatic heterocycles. The number of hydrogen-bond acceptors (Lipinski definition) is 4. The largest absolute Gasteiger partial charge is 0.466 e. The lowest BCUT2D eigenvalue weighted by Crippen LogP contribution is -2.19. The molecule has 0 aliphatic heterocycles. The Morgan fingerprint density at radius 3 is 2.61 bits per heavy atom. The second-order valence-electron chi connectivity index (χ2n) is 3.58. The van der Waals surface area contributed by atoms with E-state index in [2.05, 4.69) is 6.58 Å². The molecule has 0 saturated heterocycles. The number of rotatable bonds is 11. The van der Waals surface area contributed by atoms with Crippen LogP contribution < -0.4 is 0 Å². The van der Waals surface area contributed by atoms with Crippen LogP contribution in [0.5, 0.6) is 0 Å². The zero-order chi connectivity index (χ0) is 13.8. The van der Waals surface area contributed by atoms with Crippen LogP contribution in [0.2, 0.25) is 0 Å². The van der Waals surface area contributed by atoms with Gasteiger partial charge < -0.3 is 18.9 Å². The first-order valence-corrected chi connectivity index (χ1v) is 5.95. The molecule has 0 radical (unpaired) electrons. The molecule has 0 amide bonds. The van der Waals surface area contributed by atoms with Gasteiger partial charge in [-0.15, -0.1) is 6.58 Å². The molecule has 0 rings (SSSR count). The lowest BCUT2D eigenvalue weighted by molar-refractivity contribution is -0.0644. The standard InChI is InChI=1S/C13H23FO4/c1-5-7-17-12(6-2)13(11(3)14)18-10-16-9-8-15-4/h5,12H,1,6-10H2,2-4H3/b13-11+.